The zero-order valence-corrected chi connectivity index (χ0v) is 20.4. The van der Waals surface area contributed by atoms with Gasteiger partial charge in [-0.2, -0.15) is 5.26 Å². The summed E-state index contributed by atoms with van der Waals surface area (Å²) in [6, 6.07) is 9.29. The van der Waals surface area contributed by atoms with Crippen LogP contribution in [0.5, 0.6) is 5.75 Å². The first-order valence-electron chi connectivity index (χ1n) is 13.2. The second-order valence-electron chi connectivity index (χ2n) is 10.2. The fourth-order valence-electron chi connectivity index (χ4n) is 5.86. The summed E-state index contributed by atoms with van der Waals surface area (Å²) in [4.78, 5) is 21.2. The van der Waals surface area contributed by atoms with E-state index in [-0.39, 0.29) is 11.9 Å². The van der Waals surface area contributed by atoms with Gasteiger partial charge in [0.15, 0.2) is 5.82 Å². The van der Waals surface area contributed by atoms with E-state index < -0.39 is 0 Å². The minimum absolute atomic E-state index is 0.0168. The van der Waals surface area contributed by atoms with Crippen molar-refractivity contribution in [1.82, 2.24) is 9.97 Å². The smallest absolute Gasteiger partial charge is 0.314 e. The van der Waals surface area contributed by atoms with Gasteiger partial charge in [0.1, 0.15) is 11.8 Å². The van der Waals surface area contributed by atoms with E-state index >= 15 is 0 Å². The van der Waals surface area contributed by atoms with Gasteiger partial charge in [0.05, 0.1) is 11.5 Å². The van der Waals surface area contributed by atoms with Crippen LogP contribution in [0.25, 0.3) is 11.4 Å². The van der Waals surface area contributed by atoms with Crippen molar-refractivity contribution in [3.8, 4) is 23.2 Å². The van der Waals surface area contributed by atoms with Gasteiger partial charge >= 0.3 is 5.97 Å². The lowest BCUT2D eigenvalue weighted by molar-refractivity contribution is -0.140. The maximum atomic E-state index is 12.8. The SMILES string of the molecule is CCCCC[C@H]1CC[C@H]([C@H]2CC[C@H](C(=O)Oc3ccc(-c4ncc(C#N)cn4)cc3)CC2)CC1. The predicted molar refractivity (Wildman–Crippen MR) is 133 cm³/mol. The highest BCUT2D eigenvalue weighted by molar-refractivity contribution is 5.75. The number of rotatable bonds is 8. The first-order chi connectivity index (χ1) is 16.7. The van der Waals surface area contributed by atoms with Gasteiger partial charge in [0.2, 0.25) is 0 Å². The van der Waals surface area contributed by atoms with E-state index in [4.69, 9.17) is 10.00 Å². The fourth-order valence-corrected chi connectivity index (χ4v) is 5.86. The van der Waals surface area contributed by atoms with Crippen molar-refractivity contribution in [2.24, 2.45) is 23.7 Å². The standard InChI is InChI=1S/C29H37N3O2/c1-2-3-4-5-21-6-8-23(9-7-21)24-10-12-26(13-11-24)29(33)34-27-16-14-25(15-17-27)28-31-19-22(18-30)20-32-28/h14-17,19-21,23-24,26H,2-13H2,1H3/t21-,23-,24-,26-. The van der Waals surface area contributed by atoms with Gasteiger partial charge in [0.25, 0.3) is 0 Å². The minimum Gasteiger partial charge on any atom is -0.426 e. The van der Waals surface area contributed by atoms with Crippen molar-refractivity contribution < 1.29 is 9.53 Å². The van der Waals surface area contributed by atoms with Crippen LogP contribution in [0.15, 0.2) is 36.7 Å². The first-order valence-corrected chi connectivity index (χ1v) is 13.2. The van der Waals surface area contributed by atoms with Crippen LogP contribution < -0.4 is 4.74 Å². The number of nitriles is 1. The molecule has 0 saturated heterocycles. The van der Waals surface area contributed by atoms with Crippen LogP contribution in [0, 0.1) is 35.0 Å². The third-order valence-corrected chi connectivity index (χ3v) is 7.99. The van der Waals surface area contributed by atoms with E-state index in [9.17, 15) is 4.79 Å². The van der Waals surface area contributed by atoms with E-state index in [1.54, 1.807) is 12.1 Å². The van der Waals surface area contributed by atoms with Crippen LogP contribution in [0.4, 0.5) is 0 Å². The molecule has 0 N–H and O–H groups in total. The maximum Gasteiger partial charge on any atom is 0.314 e. The maximum absolute atomic E-state index is 12.8. The highest BCUT2D eigenvalue weighted by atomic mass is 16.5. The zero-order chi connectivity index (χ0) is 23.8. The van der Waals surface area contributed by atoms with E-state index in [2.05, 4.69) is 16.9 Å². The molecule has 0 amide bonds. The molecule has 0 unspecified atom stereocenters. The number of nitrogens with zero attached hydrogens (tertiary/aromatic N) is 3. The quantitative estimate of drug-likeness (QED) is 0.239. The molecule has 2 aromatic rings. The van der Waals surface area contributed by atoms with Crippen LogP contribution in [0.1, 0.15) is 89.5 Å². The van der Waals surface area contributed by atoms with E-state index in [0.29, 0.717) is 17.1 Å². The van der Waals surface area contributed by atoms with Crippen molar-refractivity contribution in [3.63, 3.8) is 0 Å². The summed E-state index contributed by atoms with van der Waals surface area (Å²) in [5.74, 6) is 3.66. The molecule has 2 aliphatic carbocycles. The zero-order valence-electron chi connectivity index (χ0n) is 20.4. The molecule has 5 nitrogen and oxygen atoms in total. The van der Waals surface area contributed by atoms with Gasteiger partial charge in [-0.05, 0) is 80.5 Å². The number of carbonyl (C=O) groups is 1. The molecule has 0 aliphatic heterocycles. The topological polar surface area (TPSA) is 75.9 Å². The van der Waals surface area contributed by atoms with E-state index in [0.717, 1.165) is 36.2 Å². The Labute approximate surface area is 204 Å². The van der Waals surface area contributed by atoms with E-state index in [1.165, 1.54) is 76.6 Å². The molecule has 0 spiro atoms. The molecule has 1 aromatic heterocycles. The summed E-state index contributed by atoms with van der Waals surface area (Å²) in [5.41, 5.74) is 1.25. The minimum atomic E-state index is -0.0968. The third kappa shape index (κ3) is 6.44. The van der Waals surface area contributed by atoms with Crippen molar-refractivity contribution in [2.45, 2.75) is 84.0 Å². The summed E-state index contributed by atoms with van der Waals surface area (Å²) < 4.78 is 5.70. The highest BCUT2D eigenvalue weighted by Gasteiger charge is 2.33. The number of aromatic nitrogens is 2. The van der Waals surface area contributed by atoms with Crippen LogP contribution in [-0.2, 0) is 4.79 Å². The number of unbranched alkanes of at least 4 members (excludes halogenated alkanes) is 2. The summed E-state index contributed by atoms with van der Waals surface area (Å²) in [6.07, 6.45) is 18.4. The number of benzene rings is 1. The Bertz CT molecular complexity index is 948. The van der Waals surface area contributed by atoms with Gasteiger partial charge < -0.3 is 4.74 Å². The van der Waals surface area contributed by atoms with Gasteiger partial charge in [-0.3, -0.25) is 4.79 Å². The Morgan fingerprint density at radius 2 is 1.56 bits per heavy atom. The second-order valence-corrected chi connectivity index (χ2v) is 10.2. The number of hydrogen-bond acceptors (Lipinski definition) is 5. The summed E-state index contributed by atoms with van der Waals surface area (Å²) in [7, 11) is 0. The number of hydrogen-bond donors (Lipinski definition) is 0. The fraction of sp³-hybridized carbons (Fsp3) is 0.586. The molecule has 1 aromatic carbocycles. The van der Waals surface area contributed by atoms with Crippen LogP contribution in [0.2, 0.25) is 0 Å². The summed E-state index contributed by atoms with van der Waals surface area (Å²) in [5, 5.41) is 8.87. The molecule has 34 heavy (non-hydrogen) atoms. The lowest BCUT2D eigenvalue weighted by Gasteiger charge is -2.37. The Kier molecular flexibility index (Phi) is 8.68. The average Bonchev–Trinajstić information content (AvgIpc) is 2.90. The van der Waals surface area contributed by atoms with Crippen molar-refractivity contribution in [1.29, 1.82) is 5.26 Å². The molecule has 4 rings (SSSR count). The van der Waals surface area contributed by atoms with Gasteiger partial charge in [-0.1, -0.05) is 45.4 Å². The number of esters is 1. The number of carbonyl (C=O) groups excluding carboxylic acids is 1. The summed E-state index contributed by atoms with van der Waals surface area (Å²) >= 11 is 0. The molecule has 2 saturated carbocycles. The average molecular weight is 460 g/mol. The molecule has 2 fully saturated rings. The molecular weight excluding hydrogens is 422 g/mol. The van der Waals surface area contributed by atoms with Gasteiger partial charge in [-0.25, -0.2) is 9.97 Å². The molecule has 1 heterocycles. The van der Waals surface area contributed by atoms with Crippen LogP contribution in [-0.4, -0.2) is 15.9 Å². The summed E-state index contributed by atoms with van der Waals surface area (Å²) in [6.45, 7) is 2.29. The monoisotopic (exact) mass is 459 g/mol. The van der Waals surface area contributed by atoms with E-state index in [1.807, 2.05) is 18.2 Å². The Hall–Kier alpha value is -2.74. The lowest BCUT2D eigenvalue weighted by Crippen LogP contribution is -2.30. The number of ether oxygens (including phenoxy) is 1. The molecular formula is C29H37N3O2. The van der Waals surface area contributed by atoms with Crippen molar-refractivity contribution in [2.75, 3.05) is 0 Å². The predicted octanol–water partition coefficient (Wildman–Crippen LogP) is 7.11. The van der Waals surface area contributed by atoms with Crippen molar-refractivity contribution in [3.05, 3.63) is 42.2 Å². The van der Waals surface area contributed by atoms with Gasteiger partial charge in [0, 0.05) is 18.0 Å². The van der Waals surface area contributed by atoms with Crippen LogP contribution >= 0.6 is 0 Å². The Morgan fingerprint density at radius 3 is 2.15 bits per heavy atom. The molecule has 0 bridgehead atoms. The molecule has 2 aliphatic rings. The van der Waals surface area contributed by atoms with Gasteiger partial charge in [-0.15, -0.1) is 0 Å². The normalized spacial score (nSPS) is 24.8. The molecule has 0 radical (unpaired) electrons. The highest BCUT2D eigenvalue weighted by Crippen LogP contribution is 2.42. The second kappa shape index (κ2) is 12.1. The third-order valence-electron chi connectivity index (χ3n) is 7.99. The van der Waals surface area contributed by atoms with Crippen LogP contribution in [0.3, 0.4) is 0 Å². The Morgan fingerprint density at radius 1 is 0.941 bits per heavy atom. The largest absolute Gasteiger partial charge is 0.426 e. The Balaban J connectivity index is 1.21. The molecule has 180 valence electrons. The molecule has 0 atom stereocenters. The lowest BCUT2D eigenvalue weighted by atomic mass is 9.68. The molecule has 5 heteroatoms. The van der Waals surface area contributed by atoms with Crippen molar-refractivity contribution >= 4 is 5.97 Å². The first kappa shape index (κ1) is 24.4.